The molecule has 0 unspecified atom stereocenters. The second kappa shape index (κ2) is 6.83. The number of fused-ring (bicyclic) bond motifs is 1. The van der Waals surface area contributed by atoms with E-state index in [1.807, 2.05) is 36.4 Å². The molecule has 1 amide bonds. The van der Waals surface area contributed by atoms with Crippen LogP contribution in [-0.4, -0.2) is 23.6 Å². The van der Waals surface area contributed by atoms with Gasteiger partial charge in [0.1, 0.15) is 5.75 Å². The number of ether oxygens (including phenoxy) is 1. The van der Waals surface area contributed by atoms with E-state index in [9.17, 15) is 9.59 Å². The van der Waals surface area contributed by atoms with E-state index in [-0.39, 0.29) is 17.9 Å². The molecular formula is C19H15NO4. The molecule has 0 spiro atoms. The molecule has 0 aromatic heterocycles. The largest absolute Gasteiger partial charge is 0.483 e. The van der Waals surface area contributed by atoms with E-state index in [0.29, 0.717) is 5.75 Å². The zero-order valence-electron chi connectivity index (χ0n) is 12.7. The summed E-state index contributed by atoms with van der Waals surface area (Å²) in [5.41, 5.74) is 0.285. The maximum Gasteiger partial charge on any atom is 0.337 e. The summed E-state index contributed by atoms with van der Waals surface area (Å²) >= 11 is 0. The summed E-state index contributed by atoms with van der Waals surface area (Å²) < 4.78 is 5.59. The van der Waals surface area contributed by atoms with Gasteiger partial charge in [-0.2, -0.15) is 0 Å². The Labute approximate surface area is 138 Å². The Hall–Kier alpha value is -3.34. The summed E-state index contributed by atoms with van der Waals surface area (Å²) in [6.45, 7) is -0.206. The first kappa shape index (κ1) is 15.6. The number of hydrogen-bond acceptors (Lipinski definition) is 3. The molecule has 3 aromatic carbocycles. The number of carboxylic acids is 1. The lowest BCUT2D eigenvalue weighted by molar-refractivity contribution is -0.118. The summed E-state index contributed by atoms with van der Waals surface area (Å²) in [6.07, 6.45) is 0. The van der Waals surface area contributed by atoms with Gasteiger partial charge in [-0.05, 0) is 23.6 Å². The molecule has 24 heavy (non-hydrogen) atoms. The molecule has 0 fully saturated rings. The minimum Gasteiger partial charge on any atom is -0.483 e. The number of benzene rings is 3. The minimum absolute atomic E-state index is 0.0380. The maximum absolute atomic E-state index is 12.1. The molecule has 0 radical (unpaired) electrons. The summed E-state index contributed by atoms with van der Waals surface area (Å²) in [6, 6.07) is 19.6. The molecule has 0 saturated heterocycles. The van der Waals surface area contributed by atoms with Gasteiger partial charge in [0.15, 0.2) is 6.61 Å². The second-order valence-corrected chi connectivity index (χ2v) is 5.16. The highest BCUT2D eigenvalue weighted by Crippen LogP contribution is 2.25. The number of para-hydroxylation sites is 1. The minimum atomic E-state index is -1.10. The van der Waals surface area contributed by atoms with E-state index in [2.05, 4.69) is 5.32 Å². The Bertz CT molecular complexity index is 899. The third-order valence-corrected chi connectivity index (χ3v) is 3.54. The van der Waals surface area contributed by atoms with E-state index in [4.69, 9.17) is 9.84 Å². The first-order valence-corrected chi connectivity index (χ1v) is 7.38. The molecule has 2 N–H and O–H groups in total. The predicted molar refractivity (Wildman–Crippen MR) is 91.5 cm³/mol. The molecule has 0 aliphatic carbocycles. The highest BCUT2D eigenvalue weighted by molar-refractivity contribution is 6.01. The number of rotatable bonds is 5. The molecule has 0 aliphatic rings. The van der Waals surface area contributed by atoms with Gasteiger partial charge in [-0.1, -0.05) is 48.5 Å². The van der Waals surface area contributed by atoms with Crippen LogP contribution in [0.5, 0.6) is 5.75 Å². The Morgan fingerprint density at radius 3 is 2.46 bits per heavy atom. The fourth-order valence-corrected chi connectivity index (χ4v) is 2.43. The topological polar surface area (TPSA) is 75.6 Å². The Kier molecular flexibility index (Phi) is 4.43. The molecule has 120 valence electrons. The van der Waals surface area contributed by atoms with Gasteiger partial charge in [-0.15, -0.1) is 0 Å². The van der Waals surface area contributed by atoms with Crippen LogP contribution in [0.1, 0.15) is 10.4 Å². The second-order valence-electron chi connectivity index (χ2n) is 5.16. The third-order valence-electron chi connectivity index (χ3n) is 3.54. The molecule has 3 rings (SSSR count). The fraction of sp³-hybridized carbons (Fsp3) is 0.0526. The highest BCUT2D eigenvalue weighted by atomic mass is 16.5. The lowest BCUT2D eigenvalue weighted by atomic mass is 10.1. The van der Waals surface area contributed by atoms with Crippen LogP contribution in [0, 0.1) is 0 Å². The van der Waals surface area contributed by atoms with E-state index in [0.717, 1.165) is 10.8 Å². The van der Waals surface area contributed by atoms with E-state index in [1.54, 1.807) is 24.3 Å². The van der Waals surface area contributed by atoms with Crippen molar-refractivity contribution in [1.82, 2.24) is 0 Å². The van der Waals surface area contributed by atoms with Gasteiger partial charge < -0.3 is 15.2 Å². The van der Waals surface area contributed by atoms with Gasteiger partial charge in [0.05, 0.1) is 11.3 Å². The molecule has 0 bridgehead atoms. The Morgan fingerprint density at radius 2 is 1.62 bits per heavy atom. The zero-order chi connectivity index (χ0) is 16.9. The molecule has 3 aromatic rings. The van der Waals surface area contributed by atoms with Crippen LogP contribution < -0.4 is 10.1 Å². The third kappa shape index (κ3) is 3.35. The average molecular weight is 321 g/mol. The van der Waals surface area contributed by atoms with Crippen molar-refractivity contribution in [3.63, 3.8) is 0 Å². The summed E-state index contributed by atoms with van der Waals surface area (Å²) in [7, 11) is 0. The number of nitrogens with one attached hydrogen (secondary N) is 1. The molecular weight excluding hydrogens is 306 g/mol. The van der Waals surface area contributed by atoms with Gasteiger partial charge >= 0.3 is 5.97 Å². The number of carboxylic acid groups (broad SMARTS) is 1. The summed E-state index contributed by atoms with van der Waals surface area (Å²) in [4.78, 5) is 23.2. The van der Waals surface area contributed by atoms with Crippen molar-refractivity contribution in [2.75, 3.05) is 11.9 Å². The van der Waals surface area contributed by atoms with Gasteiger partial charge in [0, 0.05) is 5.39 Å². The lowest BCUT2D eigenvalue weighted by Crippen LogP contribution is -2.21. The van der Waals surface area contributed by atoms with Gasteiger partial charge in [-0.25, -0.2) is 4.79 Å². The van der Waals surface area contributed by atoms with E-state index in [1.165, 1.54) is 6.07 Å². The Morgan fingerprint density at radius 1 is 0.917 bits per heavy atom. The molecule has 0 heterocycles. The van der Waals surface area contributed by atoms with Crippen LogP contribution in [0.4, 0.5) is 5.69 Å². The number of carbonyl (C=O) groups excluding carboxylic acids is 1. The number of aromatic carboxylic acids is 1. The van der Waals surface area contributed by atoms with Crippen molar-refractivity contribution >= 4 is 28.3 Å². The standard InChI is InChI=1S/C19H15NO4/c21-18(20-16-10-4-3-9-15(16)19(22)23)12-24-17-11-5-7-13-6-1-2-8-14(13)17/h1-11H,12H2,(H,20,21)(H,22,23). The van der Waals surface area contributed by atoms with Crippen LogP contribution in [0.25, 0.3) is 10.8 Å². The molecule has 5 heteroatoms. The maximum atomic E-state index is 12.1. The Balaban J connectivity index is 1.71. The van der Waals surface area contributed by atoms with E-state index < -0.39 is 11.9 Å². The first-order valence-electron chi connectivity index (χ1n) is 7.38. The average Bonchev–Trinajstić information content (AvgIpc) is 2.60. The van der Waals surface area contributed by atoms with Gasteiger partial charge in [0.25, 0.3) is 5.91 Å². The first-order chi connectivity index (χ1) is 11.6. The van der Waals surface area contributed by atoms with Crippen LogP contribution in [0.3, 0.4) is 0 Å². The van der Waals surface area contributed by atoms with Crippen LogP contribution in [0.2, 0.25) is 0 Å². The molecule has 5 nitrogen and oxygen atoms in total. The van der Waals surface area contributed by atoms with Crippen LogP contribution >= 0.6 is 0 Å². The highest BCUT2D eigenvalue weighted by Gasteiger charge is 2.12. The van der Waals surface area contributed by atoms with E-state index >= 15 is 0 Å². The normalized spacial score (nSPS) is 10.3. The fourth-order valence-electron chi connectivity index (χ4n) is 2.43. The molecule has 0 saturated carbocycles. The van der Waals surface area contributed by atoms with Crippen molar-refractivity contribution in [2.24, 2.45) is 0 Å². The number of amides is 1. The quantitative estimate of drug-likeness (QED) is 0.753. The van der Waals surface area contributed by atoms with Gasteiger partial charge in [0.2, 0.25) is 0 Å². The van der Waals surface area contributed by atoms with Crippen LogP contribution in [-0.2, 0) is 4.79 Å². The summed E-state index contributed by atoms with van der Waals surface area (Å²) in [5, 5.41) is 13.6. The monoisotopic (exact) mass is 321 g/mol. The van der Waals surface area contributed by atoms with Crippen molar-refractivity contribution < 1.29 is 19.4 Å². The summed E-state index contributed by atoms with van der Waals surface area (Å²) in [5.74, 6) is -0.910. The van der Waals surface area contributed by atoms with Crippen molar-refractivity contribution in [1.29, 1.82) is 0 Å². The SMILES string of the molecule is O=C(COc1cccc2ccccc12)Nc1ccccc1C(=O)O. The van der Waals surface area contributed by atoms with Gasteiger partial charge in [-0.3, -0.25) is 4.79 Å². The van der Waals surface area contributed by atoms with Crippen LogP contribution in [0.15, 0.2) is 66.7 Å². The number of carbonyl (C=O) groups is 2. The number of hydrogen-bond donors (Lipinski definition) is 2. The van der Waals surface area contributed by atoms with Crippen molar-refractivity contribution in [3.8, 4) is 5.75 Å². The predicted octanol–water partition coefficient (Wildman–Crippen LogP) is 3.56. The number of anilines is 1. The smallest absolute Gasteiger partial charge is 0.337 e. The molecule has 0 aliphatic heterocycles. The van der Waals surface area contributed by atoms with Crippen molar-refractivity contribution in [3.05, 3.63) is 72.3 Å². The lowest BCUT2D eigenvalue weighted by Gasteiger charge is -2.11. The molecule has 0 atom stereocenters. The van der Waals surface area contributed by atoms with Crippen molar-refractivity contribution in [2.45, 2.75) is 0 Å². The zero-order valence-corrected chi connectivity index (χ0v) is 12.7.